The second kappa shape index (κ2) is 4.77. The van der Waals surface area contributed by atoms with Crippen molar-refractivity contribution in [2.45, 2.75) is 0 Å². The van der Waals surface area contributed by atoms with E-state index in [0.717, 1.165) is 0 Å². The van der Waals surface area contributed by atoms with E-state index in [1.807, 2.05) is 0 Å². The quantitative estimate of drug-likeness (QED) is 0.734. The van der Waals surface area contributed by atoms with E-state index in [1.165, 1.54) is 30.3 Å². The summed E-state index contributed by atoms with van der Waals surface area (Å²) in [6, 6.07) is 11.8. The van der Waals surface area contributed by atoms with Crippen LogP contribution in [0.3, 0.4) is 0 Å². The number of aromatic amines is 1. The molecule has 1 amide bonds. The fourth-order valence-electron chi connectivity index (χ4n) is 1.99. The van der Waals surface area contributed by atoms with Crippen LogP contribution < -0.4 is 5.32 Å². The van der Waals surface area contributed by atoms with Crippen LogP contribution in [0.25, 0.3) is 10.9 Å². The highest BCUT2D eigenvalue weighted by Gasteiger charge is 2.13. The molecule has 1 aromatic heterocycles. The predicted octanol–water partition coefficient (Wildman–Crippen LogP) is 3.70. The molecule has 20 heavy (non-hydrogen) atoms. The summed E-state index contributed by atoms with van der Waals surface area (Å²) in [4.78, 5) is 14.8. The lowest BCUT2D eigenvalue weighted by Gasteiger charge is -2.04. The van der Waals surface area contributed by atoms with Gasteiger partial charge in [0.15, 0.2) is 0 Å². The third-order valence-electron chi connectivity index (χ3n) is 2.98. The number of anilines is 1. The zero-order chi connectivity index (χ0) is 14.1. The van der Waals surface area contributed by atoms with Gasteiger partial charge in [0, 0.05) is 10.9 Å². The number of carbonyl (C=O) groups excluding carboxylic acids is 1. The van der Waals surface area contributed by atoms with Crippen LogP contribution in [0.5, 0.6) is 0 Å². The summed E-state index contributed by atoms with van der Waals surface area (Å²) >= 11 is 0. The van der Waals surface area contributed by atoms with Crippen LogP contribution in [0.1, 0.15) is 10.5 Å². The van der Waals surface area contributed by atoms with E-state index >= 15 is 0 Å². The van der Waals surface area contributed by atoms with Gasteiger partial charge in [-0.3, -0.25) is 4.79 Å². The van der Waals surface area contributed by atoms with Crippen LogP contribution in [0.15, 0.2) is 48.5 Å². The highest BCUT2D eigenvalue weighted by atomic mass is 19.1. The first-order valence-corrected chi connectivity index (χ1v) is 5.98. The maximum atomic E-state index is 13.5. The molecule has 3 rings (SSSR count). The van der Waals surface area contributed by atoms with Crippen molar-refractivity contribution in [3.05, 3.63) is 65.9 Å². The third kappa shape index (κ3) is 2.14. The van der Waals surface area contributed by atoms with Crippen molar-refractivity contribution in [1.29, 1.82) is 0 Å². The number of benzene rings is 2. The standard InChI is InChI=1S/C15H10F2N2O/c16-10-5-3-7-12-9(10)8-14(18-12)15(20)19-13-6-2-1-4-11(13)17/h1-8,18H,(H,19,20). The summed E-state index contributed by atoms with van der Waals surface area (Å²) in [7, 11) is 0. The van der Waals surface area contributed by atoms with E-state index in [2.05, 4.69) is 10.3 Å². The normalized spacial score (nSPS) is 10.7. The summed E-state index contributed by atoms with van der Waals surface area (Å²) < 4.78 is 27.0. The first-order valence-electron chi connectivity index (χ1n) is 5.98. The van der Waals surface area contributed by atoms with E-state index in [-0.39, 0.29) is 11.4 Å². The van der Waals surface area contributed by atoms with Gasteiger partial charge in [-0.15, -0.1) is 0 Å². The number of carbonyl (C=O) groups is 1. The van der Waals surface area contributed by atoms with Gasteiger partial charge in [-0.05, 0) is 30.3 Å². The SMILES string of the molecule is O=C(Nc1ccccc1F)c1cc2c(F)cccc2[nH]1. The molecule has 100 valence electrons. The Labute approximate surface area is 113 Å². The van der Waals surface area contributed by atoms with Crippen molar-refractivity contribution in [2.75, 3.05) is 5.32 Å². The number of rotatable bonds is 2. The van der Waals surface area contributed by atoms with E-state index < -0.39 is 17.5 Å². The Kier molecular flexibility index (Phi) is 2.95. The van der Waals surface area contributed by atoms with Crippen molar-refractivity contribution in [3.8, 4) is 0 Å². The molecule has 0 aliphatic carbocycles. The molecule has 0 saturated heterocycles. The van der Waals surface area contributed by atoms with Gasteiger partial charge in [0.1, 0.15) is 17.3 Å². The van der Waals surface area contributed by atoms with Gasteiger partial charge in [0.05, 0.1) is 5.69 Å². The minimum atomic E-state index is -0.525. The molecule has 0 spiro atoms. The van der Waals surface area contributed by atoms with Gasteiger partial charge < -0.3 is 10.3 Å². The highest BCUT2D eigenvalue weighted by molar-refractivity contribution is 6.06. The lowest BCUT2D eigenvalue weighted by Crippen LogP contribution is -2.13. The second-order valence-electron chi connectivity index (χ2n) is 4.32. The molecule has 3 nitrogen and oxygen atoms in total. The Bertz CT molecular complexity index is 795. The summed E-state index contributed by atoms with van der Waals surface area (Å²) in [6.07, 6.45) is 0. The van der Waals surface area contributed by atoms with Crippen LogP contribution in [-0.2, 0) is 0 Å². The predicted molar refractivity (Wildman–Crippen MR) is 72.6 cm³/mol. The molecule has 0 bridgehead atoms. The molecule has 0 fully saturated rings. The molecular formula is C15H10F2N2O. The summed E-state index contributed by atoms with van der Waals surface area (Å²) in [5.41, 5.74) is 0.772. The number of H-pyrrole nitrogens is 1. The Hall–Kier alpha value is -2.69. The van der Waals surface area contributed by atoms with Crippen molar-refractivity contribution < 1.29 is 13.6 Å². The van der Waals surface area contributed by atoms with Crippen LogP contribution in [-0.4, -0.2) is 10.9 Å². The van der Waals surface area contributed by atoms with Crippen LogP contribution >= 0.6 is 0 Å². The molecule has 0 saturated carbocycles. The van der Waals surface area contributed by atoms with Crippen LogP contribution in [0.2, 0.25) is 0 Å². The van der Waals surface area contributed by atoms with Gasteiger partial charge in [-0.1, -0.05) is 18.2 Å². The van der Waals surface area contributed by atoms with Gasteiger partial charge in [0.25, 0.3) is 5.91 Å². The Balaban J connectivity index is 1.93. The number of hydrogen-bond donors (Lipinski definition) is 2. The lowest BCUT2D eigenvalue weighted by atomic mass is 10.2. The van der Waals surface area contributed by atoms with E-state index in [1.54, 1.807) is 18.2 Å². The maximum absolute atomic E-state index is 13.5. The number of hydrogen-bond acceptors (Lipinski definition) is 1. The molecule has 2 N–H and O–H groups in total. The number of halogens is 2. The van der Waals surface area contributed by atoms with E-state index in [9.17, 15) is 13.6 Å². The average Bonchev–Trinajstić information content (AvgIpc) is 2.87. The molecule has 0 unspecified atom stereocenters. The molecule has 2 aromatic carbocycles. The van der Waals surface area contributed by atoms with E-state index in [0.29, 0.717) is 10.9 Å². The molecule has 5 heteroatoms. The topological polar surface area (TPSA) is 44.9 Å². The molecule has 0 atom stereocenters. The molecule has 0 aliphatic heterocycles. The Morgan fingerprint density at radius 2 is 1.75 bits per heavy atom. The van der Waals surface area contributed by atoms with Crippen LogP contribution in [0, 0.1) is 11.6 Å². The lowest BCUT2D eigenvalue weighted by molar-refractivity contribution is 0.102. The van der Waals surface area contributed by atoms with Gasteiger partial charge >= 0.3 is 0 Å². The Morgan fingerprint density at radius 3 is 2.50 bits per heavy atom. The fourth-order valence-corrected chi connectivity index (χ4v) is 1.99. The van der Waals surface area contributed by atoms with E-state index in [4.69, 9.17) is 0 Å². The number of aromatic nitrogens is 1. The first-order chi connectivity index (χ1) is 9.65. The van der Waals surface area contributed by atoms with Crippen LogP contribution in [0.4, 0.5) is 14.5 Å². The van der Waals surface area contributed by atoms with Gasteiger partial charge in [0.2, 0.25) is 0 Å². The highest BCUT2D eigenvalue weighted by Crippen LogP contribution is 2.20. The average molecular weight is 272 g/mol. The summed E-state index contributed by atoms with van der Waals surface area (Å²) in [5, 5.41) is 2.76. The first kappa shape index (κ1) is 12.3. The van der Waals surface area contributed by atoms with Gasteiger partial charge in [-0.2, -0.15) is 0 Å². The van der Waals surface area contributed by atoms with Crippen molar-refractivity contribution in [1.82, 2.24) is 4.98 Å². The molecule has 0 radical (unpaired) electrons. The fraction of sp³-hybridized carbons (Fsp3) is 0. The number of para-hydroxylation sites is 1. The number of amides is 1. The van der Waals surface area contributed by atoms with Crippen molar-refractivity contribution >= 4 is 22.5 Å². The maximum Gasteiger partial charge on any atom is 0.272 e. The molecule has 3 aromatic rings. The number of fused-ring (bicyclic) bond motifs is 1. The number of nitrogens with one attached hydrogen (secondary N) is 2. The zero-order valence-electron chi connectivity index (χ0n) is 10.3. The summed E-state index contributed by atoms with van der Waals surface area (Å²) in [5.74, 6) is -1.46. The van der Waals surface area contributed by atoms with Gasteiger partial charge in [-0.25, -0.2) is 8.78 Å². The minimum absolute atomic E-state index is 0.0802. The molecular weight excluding hydrogens is 262 g/mol. The summed E-state index contributed by atoms with van der Waals surface area (Å²) in [6.45, 7) is 0. The molecule has 1 heterocycles. The molecule has 0 aliphatic rings. The largest absolute Gasteiger partial charge is 0.350 e. The smallest absolute Gasteiger partial charge is 0.272 e. The second-order valence-corrected chi connectivity index (χ2v) is 4.32. The zero-order valence-corrected chi connectivity index (χ0v) is 10.3. The Morgan fingerprint density at radius 1 is 1.00 bits per heavy atom. The van der Waals surface area contributed by atoms with Crippen molar-refractivity contribution in [2.24, 2.45) is 0 Å². The van der Waals surface area contributed by atoms with Crippen molar-refractivity contribution in [3.63, 3.8) is 0 Å². The monoisotopic (exact) mass is 272 g/mol. The minimum Gasteiger partial charge on any atom is -0.350 e. The third-order valence-corrected chi connectivity index (χ3v) is 2.98.